The average molecular weight is 287 g/mol. The molecule has 2 rings (SSSR count). The first-order chi connectivity index (χ1) is 10.2. The molecule has 5 heteroatoms. The largest absolute Gasteiger partial charge is 0.307 e. The van der Waals surface area contributed by atoms with E-state index in [0.29, 0.717) is 0 Å². The zero-order chi connectivity index (χ0) is 15.1. The number of aryl methyl sites for hydroxylation is 1. The highest BCUT2D eigenvalue weighted by molar-refractivity contribution is 5.27. The van der Waals surface area contributed by atoms with Crippen molar-refractivity contribution in [2.75, 3.05) is 13.1 Å². The summed E-state index contributed by atoms with van der Waals surface area (Å²) in [6.07, 6.45) is 1.94. The van der Waals surface area contributed by atoms with Gasteiger partial charge in [-0.1, -0.05) is 43.3 Å². The number of rotatable bonds is 8. The van der Waals surface area contributed by atoms with Crippen LogP contribution in [0.4, 0.5) is 0 Å². The van der Waals surface area contributed by atoms with Crippen molar-refractivity contribution in [3.63, 3.8) is 0 Å². The molecule has 1 aromatic carbocycles. The highest BCUT2D eigenvalue weighted by atomic mass is 15.4. The number of hydrogen-bond acceptors (Lipinski definition) is 4. The molecule has 0 saturated carbocycles. The van der Waals surface area contributed by atoms with Crippen molar-refractivity contribution in [1.29, 1.82) is 0 Å². The lowest BCUT2D eigenvalue weighted by atomic mass is 10.1. The van der Waals surface area contributed by atoms with E-state index in [1.54, 1.807) is 4.68 Å². The first kappa shape index (κ1) is 15.7. The maximum absolute atomic E-state index is 4.09. The van der Waals surface area contributed by atoms with E-state index in [-0.39, 0.29) is 0 Å². The molecule has 0 aliphatic heterocycles. The number of hydrogen-bond donors (Lipinski definition) is 1. The van der Waals surface area contributed by atoms with Crippen LogP contribution in [-0.2, 0) is 26.7 Å². The molecule has 0 aliphatic carbocycles. The Bertz CT molecular complexity index is 545. The normalized spacial score (nSPS) is 11.2. The quantitative estimate of drug-likeness (QED) is 0.806. The van der Waals surface area contributed by atoms with Crippen LogP contribution in [0.3, 0.4) is 0 Å². The Kier molecular flexibility index (Phi) is 5.90. The molecule has 0 saturated heterocycles. The van der Waals surface area contributed by atoms with Gasteiger partial charge in [0.05, 0.1) is 5.69 Å². The molecule has 21 heavy (non-hydrogen) atoms. The lowest BCUT2D eigenvalue weighted by molar-refractivity contribution is 0.294. The molecule has 1 heterocycles. The Balaban J connectivity index is 1.93. The van der Waals surface area contributed by atoms with Gasteiger partial charge < -0.3 is 5.32 Å². The number of aromatic nitrogens is 3. The van der Waals surface area contributed by atoms with Crippen LogP contribution in [0, 0.1) is 0 Å². The predicted octanol–water partition coefficient (Wildman–Crippen LogP) is 1.95. The zero-order valence-electron chi connectivity index (χ0n) is 13.2. The van der Waals surface area contributed by atoms with Crippen molar-refractivity contribution >= 4 is 0 Å². The Labute approximate surface area is 127 Å². The van der Waals surface area contributed by atoms with E-state index in [2.05, 4.69) is 58.6 Å². The van der Waals surface area contributed by atoms with Crippen molar-refractivity contribution in [3.8, 4) is 0 Å². The van der Waals surface area contributed by atoms with E-state index in [4.69, 9.17) is 0 Å². The summed E-state index contributed by atoms with van der Waals surface area (Å²) in [5.74, 6) is 0. The summed E-state index contributed by atoms with van der Waals surface area (Å²) in [6.45, 7) is 9.18. The predicted molar refractivity (Wildman–Crippen MR) is 84.6 cm³/mol. The van der Waals surface area contributed by atoms with Crippen molar-refractivity contribution in [2.24, 2.45) is 7.05 Å². The summed E-state index contributed by atoms with van der Waals surface area (Å²) >= 11 is 0. The lowest BCUT2D eigenvalue weighted by Crippen LogP contribution is -2.23. The first-order valence-corrected chi connectivity index (χ1v) is 7.58. The fourth-order valence-corrected chi connectivity index (χ4v) is 2.37. The van der Waals surface area contributed by atoms with Crippen molar-refractivity contribution < 1.29 is 0 Å². The van der Waals surface area contributed by atoms with E-state index in [1.807, 2.05) is 13.2 Å². The Morgan fingerprint density at radius 1 is 1.10 bits per heavy atom. The van der Waals surface area contributed by atoms with E-state index >= 15 is 0 Å². The van der Waals surface area contributed by atoms with Gasteiger partial charge in [0.25, 0.3) is 0 Å². The molecule has 1 aromatic heterocycles. The maximum atomic E-state index is 4.09. The second-order valence-electron chi connectivity index (χ2n) is 5.22. The molecule has 0 bridgehead atoms. The fourth-order valence-electron chi connectivity index (χ4n) is 2.37. The van der Waals surface area contributed by atoms with Crippen molar-refractivity contribution in [3.05, 3.63) is 47.3 Å². The molecular weight excluding hydrogens is 262 g/mol. The number of benzene rings is 1. The van der Waals surface area contributed by atoms with E-state index in [0.717, 1.165) is 38.4 Å². The third-order valence-corrected chi connectivity index (χ3v) is 3.68. The molecule has 0 amide bonds. The molecule has 0 aliphatic rings. The maximum Gasteiger partial charge on any atom is 0.0964 e. The molecule has 0 radical (unpaired) electrons. The van der Waals surface area contributed by atoms with Crippen LogP contribution in [-0.4, -0.2) is 33.0 Å². The van der Waals surface area contributed by atoms with Crippen LogP contribution in [0.5, 0.6) is 0 Å². The second-order valence-corrected chi connectivity index (χ2v) is 5.22. The summed E-state index contributed by atoms with van der Waals surface area (Å²) in [5.41, 5.74) is 3.72. The zero-order valence-corrected chi connectivity index (χ0v) is 13.2. The third kappa shape index (κ3) is 4.65. The van der Waals surface area contributed by atoms with Crippen molar-refractivity contribution in [1.82, 2.24) is 25.2 Å². The lowest BCUT2D eigenvalue weighted by Gasteiger charge is -2.20. The Hall–Kier alpha value is -1.72. The minimum atomic E-state index is 0.743. The molecule has 114 valence electrons. The van der Waals surface area contributed by atoms with Gasteiger partial charge in [0.2, 0.25) is 0 Å². The Morgan fingerprint density at radius 3 is 2.43 bits per heavy atom. The summed E-state index contributed by atoms with van der Waals surface area (Å²) in [7, 11) is 1.88. The summed E-state index contributed by atoms with van der Waals surface area (Å²) < 4.78 is 1.73. The fraction of sp³-hybridized carbons (Fsp3) is 0.500. The summed E-state index contributed by atoms with van der Waals surface area (Å²) in [6, 6.07) is 8.64. The number of nitrogens with zero attached hydrogens (tertiary/aromatic N) is 4. The number of nitrogens with one attached hydrogen (secondary N) is 1. The van der Waals surface area contributed by atoms with Crippen LogP contribution >= 0.6 is 0 Å². The van der Waals surface area contributed by atoms with Crippen LogP contribution in [0.1, 0.15) is 30.7 Å². The second kappa shape index (κ2) is 7.90. The summed E-state index contributed by atoms with van der Waals surface area (Å²) in [4.78, 5) is 2.43. The Morgan fingerprint density at radius 2 is 1.81 bits per heavy atom. The van der Waals surface area contributed by atoms with Crippen LogP contribution in [0.15, 0.2) is 30.5 Å². The van der Waals surface area contributed by atoms with Gasteiger partial charge in [0, 0.05) is 32.9 Å². The third-order valence-electron chi connectivity index (χ3n) is 3.68. The monoisotopic (exact) mass is 287 g/mol. The van der Waals surface area contributed by atoms with E-state index in [9.17, 15) is 0 Å². The van der Waals surface area contributed by atoms with Gasteiger partial charge in [-0.3, -0.25) is 9.58 Å². The molecule has 1 N–H and O–H groups in total. The topological polar surface area (TPSA) is 46.0 Å². The highest BCUT2D eigenvalue weighted by Crippen LogP contribution is 2.11. The van der Waals surface area contributed by atoms with E-state index < -0.39 is 0 Å². The molecule has 0 atom stereocenters. The minimum Gasteiger partial charge on any atom is -0.307 e. The smallest absolute Gasteiger partial charge is 0.0964 e. The van der Waals surface area contributed by atoms with Gasteiger partial charge in [-0.25, -0.2) is 0 Å². The molecule has 0 unspecified atom stereocenters. The van der Waals surface area contributed by atoms with Gasteiger partial charge >= 0.3 is 0 Å². The van der Waals surface area contributed by atoms with Crippen LogP contribution < -0.4 is 5.32 Å². The standard InChI is InChI=1S/C16H25N5/c1-4-21(5-2)12-15-9-7-6-8-14(15)10-17-11-16-13-20(3)19-18-16/h6-9,13,17H,4-5,10-12H2,1-3H3. The van der Waals surface area contributed by atoms with Gasteiger partial charge in [0.15, 0.2) is 0 Å². The van der Waals surface area contributed by atoms with Gasteiger partial charge in [-0.2, -0.15) is 0 Å². The minimum absolute atomic E-state index is 0.743. The average Bonchev–Trinajstić information content (AvgIpc) is 2.91. The molecule has 0 spiro atoms. The highest BCUT2D eigenvalue weighted by Gasteiger charge is 2.06. The van der Waals surface area contributed by atoms with Gasteiger partial charge in [-0.15, -0.1) is 5.10 Å². The molecule has 0 fully saturated rings. The van der Waals surface area contributed by atoms with Gasteiger partial charge in [-0.05, 0) is 24.2 Å². The summed E-state index contributed by atoms with van der Waals surface area (Å²) in [5, 5.41) is 11.5. The first-order valence-electron chi connectivity index (χ1n) is 7.58. The molecule has 2 aromatic rings. The van der Waals surface area contributed by atoms with Crippen molar-refractivity contribution in [2.45, 2.75) is 33.5 Å². The molecular formula is C16H25N5. The van der Waals surface area contributed by atoms with E-state index in [1.165, 1.54) is 11.1 Å². The van der Waals surface area contributed by atoms with Crippen LogP contribution in [0.25, 0.3) is 0 Å². The SMILES string of the molecule is CCN(CC)Cc1ccccc1CNCc1cn(C)nn1. The van der Waals surface area contributed by atoms with Crippen LogP contribution in [0.2, 0.25) is 0 Å². The van der Waals surface area contributed by atoms with Gasteiger partial charge in [0.1, 0.15) is 0 Å². The molecule has 5 nitrogen and oxygen atoms in total.